The van der Waals surface area contributed by atoms with Gasteiger partial charge in [-0.25, -0.2) is 14.5 Å². The summed E-state index contributed by atoms with van der Waals surface area (Å²) in [6.45, 7) is 14.7. The van der Waals surface area contributed by atoms with Crippen molar-refractivity contribution >= 4 is 20.0 Å². The molecule has 2 bridgehead atoms. The SMILES string of the molecule is CN(c1ccc2c(n1)CCOc1cc(-c3cnn(COCC[Si](C)(C)C)c3)ccc1-2)[C@H]1C[C@H]2CC[C@@H](C1)N2C(=O)OC(C)(C)C. The molecule has 3 atom stereocenters. The summed E-state index contributed by atoms with van der Waals surface area (Å²) in [5, 5.41) is 4.52. The minimum absolute atomic E-state index is 0.170. The molecule has 3 aromatic rings. The number of hydrogen-bond acceptors (Lipinski definition) is 7. The van der Waals surface area contributed by atoms with Gasteiger partial charge in [-0.05, 0) is 82.3 Å². The zero-order valence-corrected chi connectivity index (χ0v) is 29.0. The summed E-state index contributed by atoms with van der Waals surface area (Å²) in [5.74, 6) is 1.85. The third-order valence-corrected chi connectivity index (χ3v) is 10.9. The number of fused-ring (bicyclic) bond motifs is 5. The van der Waals surface area contributed by atoms with Crippen LogP contribution in [0.4, 0.5) is 10.6 Å². The lowest BCUT2D eigenvalue weighted by molar-refractivity contribution is 0.00597. The predicted octanol–water partition coefficient (Wildman–Crippen LogP) is 7.23. The van der Waals surface area contributed by atoms with E-state index >= 15 is 0 Å². The molecule has 0 saturated carbocycles. The second kappa shape index (κ2) is 12.4. The topological polar surface area (TPSA) is 82.0 Å². The van der Waals surface area contributed by atoms with Crippen LogP contribution in [0.5, 0.6) is 5.75 Å². The maximum atomic E-state index is 13.0. The Bertz CT molecular complexity index is 1510. The van der Waals surface area contributed by atoms with E-state index in [-0.39, 0.29) is 18.2 Å². The van der Waals surface area contributed by atoms with E-state index < -0.39 is 13.7 Å². The van der Waals surface area contributed by atoms with Crippen LogP contribution in [-0.4, -0.2) is 77.8 Å². The number of carbonyl (C=O) groups is 1. The van der Waals surface area contributed by atoms with Crippen LogP contribution in [0.15, 0.2) is 42.7 Å². The molecule has 2 saturated heterocycles. The van der Waals surface area contributed by atoms with Crippen molar-refractivity contribution in [1.82, 2.24) is 19.7 Å². The van der Waals surface area contributed by atoms with Crippen molar-refractivity contribution in [2.75, 3.05) is 25.2 Å². The molecular formula is C35H49N5O4Si. The molecule has 2 fully saturated rings. The van der Waals surface area contributed by atoms with Crippen LogP contribution in [0.1, 0.15) is 52.1 Å². The Morgan fingerprint density at radius 2 is 1.80 bits per heavy atom. The summed E-state index contributed by atoms with van der Waals surface area (Å²) in [6.07, 6.45) is 8.44. The average Bonchev–Trinajstić information content (AvgIpc) is 3.49. The van der Waals surface area contributed by atoms with Crippen molar-refractivity contribution in [3.63, 3.8) is 0 Å². The van der Waals surface area contributed by atoms with Crippen LogP contribution in [0, 0.1) is 0 Å². The largest absolute Gasteiger partial charge is 0.493 e. The average molecular weight is 632 g/mol. The number of benzene rings is 1. The van der Waals surface area contributed by atoms with E-state index in [1.165, 1.54) is 0 Å². The highest BCUT2D eigenvalue weighted by atomic mass is 28.3. The first-order chi connectivity index (χ1) is 21.3. The van der Waals surface area contributed by atoms with Crippen LogP contribution in [0.3, 0.4) is 0 Å². The zero-order valence-electron chi connectivity index (χ0n) is 28.0. The Morgan fingerprint density at radius 1 is 1.07 bits per heavy atom. The second-order valence-corrected chi connectivity index (χ2v) is 20.7. The highest BCUT2D eigenvalue weighted by Crippen LogP contribution is 2.41. The minimum atomic E-state index is -1.11. The summed E-state index contributed by atoms with van der Waals surface area (Å²) < 4.78 is 19.8. The fraction of sp³-hybridized carbons (Fsp3) is 0.571. The third kappa shape index (κ3) is 7.22. The molecule has 0 N–H and O–H groups in total. The molecule has 0 radical (unpaired) electrons. The van der Waals surface area contributed by atoms with Crippen molar-refractivity contribution < 1.29 is 19.0 Å². The molecule has 242 valence electrons. The fourth-order valence-corrected chi connectivity index (χ4v) is 7.56. The maximum Gasteiger partial charge on any atom is 0.410 e. The van der Waals surface area contributed by atoms with Gasteiger partial charge in [0.1, 0.15) is 23.9 Å². The quantitative estimate of drug-likeness (QED) is 0.192. The molecule has 2 aromatic heterocycles. The molecule has 3 aliphatic heterocycles. The number of ether oxygens (including phenoxy) is 3. The number of hydrogen-bond donors (Lipinski definition) is 0. The molecule has 5 heterocycles. The van der Waals surface area contributed by atoms with Gasteiger partial charge in [0.2, 0.25) is 0 Å². The van der Waals surface area contributed by atoms with Gasteiger partial charge >= 0.3 is 6.09 Å². The molecule has 0 unspecified atom stereocenters. The van der Waals surface area contributed by atoms with Crippen molar-refractivity contribution in [1.29, 1.82) is 0 Å². The minimum Gasteiger partial charge on any atom is -0.493 e. The van der Waals surface area contributed by atoms with Gasteiger partial charge in [0.15, 0.2) is 0 Å². The molecule has 9 nitrogen and oxygen atoms in total. The summed E-state index contributed by atoms with van der Waals surface area (Å²) in [6, 6.07) is 12.6. The lowest BCUT2D eigenvalue weighted by Crippen LogP contribution is -2.53. The smallest absolute Gasteiger partial charge is 0.410 e. The first kappa shape index (κ1) is 31.6. The summed E-state index contributed by atoms with van der Waals surface area (Å²) in [7, 11) is 1.04. The Hall–Kier alpha value is -3.37. The standard InChI is InChI=1S/C35H49N5O4Si/c1-35(2,3)44-34(41)40-26-9-10-27(40)20-28(19-26)38(4)33-13-12-29-30-11-8-24(18-32(30)43-15-14-31(29)37-33)25-21-36-39(22-25)23-42-16-17-45(5,6)7/h8,11-13,18,21-22,26-28H,9-10,14-17,19-20,23H2,1-7H3/t26-,27+,28+. The normalized spacial score (nSPS) is 21.0. The van der Waals surface area contributed by atoms with E-state index in [9.17, 15) is 4.79 Å². The van der Waals surface area contributed by atoms with Crippen LogP contribution in [-0.2, 0) is 22.6 Å². The first-order valence-electron chi connectivity index (χ1n) is 16.5. The van der Waals surface area contributed by atoms with Crippen LogP contribution < -0.4 is 9.64 Å². The molecule has 45 heavy (non-hydrogen) atoms. The molecule has 0 aliphatic carbocycles. The number of carbonyl (C=O) groups excluding carboxylic acids is 1. The number of amides is 1. The Balaban J connectivity index is 1.13. The number of piperidine rings is 1. The first-order valence-corrected chi connectivity index (χ1v) is 20.2. The van der Waals surface area contributed by atoms with Gasteiger partial charge < -0.3 is 24.0 Å². The Morgan fingerprint density at radius 3 is 2.51 bits per heavy atom. The van der Waals surface area contributed by atoms with E-state index in [1.54, 1.807) is 0 Å². The van der Waals surface area contributed by atoms with Crippen LogP contribution in [0.25, 0.3) is 22.3 Å². The monoisotopic (exact) mass is 631 g/mol. The highest BCUT2D eigenvalue weighted by Gasteiger charge is 2.46. The van der Waals surface area contributed by atoms with Gasteiger partial charge in [0.25, 0.3) is 0 Å². The molecule has 1 amide bonds. The second-order valence-electron chi connectivity index (χ2n) is 15.1. The lowest BCUT2D eigenvalue weighted by Gasteiger charge is -2.42. The van der Waals surface area contributed by atoms with E-state index in [0.717, 1.165) is 84.3 Å². The zero-order chi connectivity index (χ0) is 31.9. The number of anilines is 1. The maximum absolute atomic E-state index is 13.0. The van der Waals surface area contributed by atoms with Crippen molar-refractivity contribution in [3.8, 4) is 28.0 Å². The van der Waals surface area contributed by atoms with Gasteiger partial charge in [0, 0.05) is 69.2 Å². The number of rotatable bonds is 8. The van der Waals surface area contributed by atoms with Gasteiger partial charge in [-0.15, -0.1) is 0 Å². The van der Waals surface area contributed by atoms with Gasteiger partial charge in [-0.2, -0.15) is 5.10 Å². The summed E-state index contributed by atoms with van der Waals surface area (Å²) in [5.41, 5.74) is 4.88. The molecule has 0 spiro atoms. The molecule has 10 heteroatoms. The van der Waals surface area contributed by atoms with E-state index in [1.807, 2.05) is 42.7 Å². The lowest BCUT2D eigenvalue weighted by atomic mass is 9.96. The summed E-state index contributed by atoms with van der Waals surface area (Å²) in [4.78, 5) is 22.5. The highest BCUT2D eigenvalue weighted by molar-refractivity contribution is 6.76. The number of pyridine rings is 1. The molecule has 6 rings (SSSR count). The van der Waals surface area contributed by atoms with Crippen molar-refractivity contribution in [2.24, 2.45) is 0 Å². The predicted molar refractivity (Wildman–Crippen MR) is 181 cm³/mol. The van der Waals surface area contributed by atoms with E-state index in [2.05, 4.69) is 67.0 Å². The van der Waals surface area contributed by atoms with E-state index in [0.29, 0.717) is 19.4 Å². The molecule has 1 aromatic carbocycles. The number of aromatic nitrogens is 3. The fourth-order valence-electron chi connectivity index (χ4n) is 6.81. The van der Waals surface area contributed by atoms with Crippen molar-refractivity contribution in [2.45, 2.75) is 109 Å². The Kier molecular flexibility index (Phi) is 8.73. The van der Waals surface area contributed by atoms with Crippen LogP contribution >= 0.6 is 0 Å². The van der Waals surface area contributed by atoms with E-state index in [4.69, 9.17) is 19.2 Å². The molecular weight excluding hydrogens is 583 g/mol. The van der Waals surface area contributed by atoms with Gasteiger partial charge in [0.05, 0.1) is 18.5 Å². The van der Waals surface area contributed by atoms with Gasteiger partial charge in [-0.3, -0.25) is 0 Å². The third-order valence-electron chi connectivity index (χ3n) is 9.24. The summed E-state index contributed by atoms with van der Waals surface area (Å²) >= 11 is 0. The van der Waals surface area contributed by atoms with Crippen molar-refractivity contribution in [3.05, 3.63) is 48.4 Å². The Labute approximate surface area is 268 Å². The number of nitrogens with zero attached hydrogens (tertiary/aromatic N) is 5. The van der Waals surface area contributed by atoms with Crippen LogP contribution in [0.2, 0.25) is 25.7 Å². The molecule has 3 aliphatic rings. The van der Waals surface area contributed by atoms with Gasteiger partial charge in [-0.1, -0.05) is 25.7 Å².